The first-order chi connectivity index (χ1) is 35.1. The van der Waals surface area contributed by atoms with Gasteiger partial charge in [0.25, 0.3) is 0 Å². The first kappa shape index (κ1) is 68.1. The summed E-state index contributed by atoms with van der Waals surface area (Å²) in [5.41, 5.74) is 0. The zero-order chi connectivity index (χ0) is 52.4. The lowest BCUT2D eigenvalue weighted by Gasteiger charge is -2.41. The predicted molar refractivity (Wildman–Crippen MR) is 294 cm³/mol. The highest BCUT2D eigenvalue weighted by Gasteiger charge is 2.48. The minimum Gasteiger partial charge on any atom is -0.457 e. The van der Waals surface area contributed by atoms with Crippen LogP contribution in [0.25, 0.3) is 0 Å². The second-order valence-electron chi connectivity index (χ2n) is 20.2. The average Bonchev–Trinajstić information content (AvgIpc) is 3.36. The summed E-state index contributed by atoms with van der Waals surface area (Å²) in [7, 11) is -5.07. The molecule has 13 heteroatoms. The first-order valence-corrected chi connectivity index (χ1v) is 30.8. The quantitative estimate of drug-likeness (QED) is 0.0196. The monoisotopic (exact) mass is 1040 g/mol. The molecule has 0 radical (unpaired) electrons. The van der Waals surface area contributed by atoms with Gasteiger partial charge in [-0.25, -0.2) is 4.18 Å². The molecule has 6 atom stereocenters. The van der Waals surface area contributed by atoms with Gasteiger partial charge in [0.1, 0.15) is 30.5 Å². The van der Waals surface area contributed by atoms with Gasteiger partial charge in [0.2, 0.25) is 0 Å². The largest absolute Gasteiger partial charge is 0.457 e. The van der Waals surface area contributed by atoms with Crippen LogP contribution >= 0.6 is 0 Å². The molecular formula is C59H108O12S. The van der Waals surface area contributed by atoms with Gasteiger partial charge in [0.15, 0.2) is 6.29 Å². The van der Waals surface area contributed by atoms with E-state index in [0.29, 0.717) is 13.0 Å². The molecule has 0 aliphatic carbocycles. The number of ether oxygens (including phenoxy) is 4. The number of rotatable bonds is 52. The zero-order valence-electron chi connectivity index (χ0n) is 45.7. The van der Waals surface area contributed by atoms with Crippen LogP contribution in [0.5, 0.6) is 0 Å². The molecule has 0 amide bonds. The van der Waals surface area contributed by atoms with E-state index in [1.54, 1.807) is 0 Å². The van der Waals surface area contributed by atoms with Crippen molar-refractivity contribution in [3.63, 3.8) is 0 Å². The number of carbonyl (C=O) groups is 1. The summed E-state index contributed by atoms with van der Waals surface area (Å²) in [6, 6.07) is 0. The number of unbranched alkanes of at least 4 members (excludes halogenated alkanes) is 31. The van der Waals surface area contributed by atoms with E-state index in [1.165, 1.54) is 173 Å². The van der Waals surface area contributed by atoms with Crippen LogP contribution in [0.15, 0.2) is 48.6 Å². The lowest BCUT2D eigenvalue weighted by Crippen LogP contribution is -2.60. The van der Waals surface area contributed by atoms with Gasteiger partial charge in [-0.05, 0) is 77.0 Å². The van der Waals surface area contributed by atoms with Crippen molar-refractivity contribution in [1.82, 2.24) is 0 Å². The Kier molecular flexibility index (Phi) is 47.2. The maximum Gasteiger partial charge on any atom is 0.397 e. The highest BCUT2D eigenvalue weighted by molar-refractivity contribution is 7.80. The number of hydrogen-bond acceptors (Lipinski definition) is 11. The Morgan fingerprint density at radius 2 is 0.917 bits per heavy atom. The molecule has 422 valence electrons. The van der Waals surface area contributed by atoms with Gasteiger partial charge in [0, 0.05) is 13.0 Å². The summed E-state index contributed by atoms with van der Waals surface area (Å²) < 4.78 is 59.4. The average molecular weight is 1040 g/mol. The van der Waals surface area contributed by atoms with Gasteiger partial charge in [-0.1, -0.05) is 223 Å². The molecule has 1 rings (SSSR count). The van der Waals surface area contributed by atoms with E-state index in [0.717, 1.165) is 57.8 Å². The first-order valence-electron chi connectivity index (χ1n) is 29.4. The van der Waals surface area contributed by atoms with Crippen molar-refractivity contribution in [2.45, 2.75) is 295 Å². The fraction of sp³-hybridized carbons (Fsp3) is 0.847. The standard InChI is InChI=1S/C59H108O12S/c1-3-5-7-9-11-13-15-17-19-21-23-25-26-27-29-31-33-35-37-39-41-43-45-47-49-67-51-53(52-68-59-57(63)58(71-72(64,65)66)56(62)54(50-60)70-59)69-55(61)48-46-44-42-40-38-36-34-32-30-28-24-22-20-18-16-14-12-10-8-6-4-2/h15,17,21-24,26-27,53-54,56-60,62-63H,3-14,16,18-20,25,28-52H2,1-2H3,(H,64,65,66)/b17-15-,23-21-,24-22-,27-26-. The fourth-order valence-corrected chi connectivity index (χ4v) is 9.48. The second-order valence-corrected chi connectivity index (χ2v) is 21.3. The molecule has 1 saturated heterocycles. The maximum atomic E-state index is 13.0. The van der Waals surface area contributed by atoms with Crippen LogP contribution in [0.3, 0.4) is 0 Å². The summed E-state index contributed by atoms with van der Waals surface area (Å²) in [4.78, 5) is 13.0. The van der Waals surface area contributed by atoms with Crippen molar-refractivity contribution in [3.8, 4) is 0 Å². The van der Waals surface area contributed by atoms with E-state index in [2.05, 4.69) is 66.6 Å². The number of aliphatic hydroxyl groups excluding tert-OH is 3. The summed E-state index contributed by atoms with van der Waals surface area (Å²) in [5, 5.41) is 30.8. The van der Waals surface area contributed by atoms with Crippen LogP contribution < -0.4 is 0 Å². The Morgan fingerprint density at radius 1 is 0.528 bits per heavy atom. The van der Waals surface area contributed by atoms with Crippen molar-refractivity contribution in [1.29, 1.82) is 0 Å². The molecule has 0 spiro atoms. The van der Waals surface area contributed by atoms with E-state index in [1.807, 2.05) is 0 Å². The molecule has 1 aliphatic heterocycles. The molecule has 1 fully saturated rings. The topological polar surface area (TPSA) is 178 Å². The third kappa shape index (κ3) is 42.3. The molecule has 4 N–H and O–H groups in total. The zero-order valence-corrected chi connectivity index (χ0v) is 46.6. The van der Waals surface area contributed by atoms with Crippen molar-refractivity contribution in [3.05, 3.63) is 48.6 Å². The third-order valence-electron chi connectivity index (χ3n) is 13.4. The van der Waals surface area contributed by atoms with E-state index in [4.69, 9.17) is 18.9 Å². The van der Waals surface area contributed by atoms with Crippen LogP contribution in [-0.4, -0.2) is 97.5 Å². The second kappa shape index (κ2) is 49.9. The van der Waals surface area contributed by atoms with Crippen LogP contribution in [0.4, 0.5) is 0 Å². The lowest BCUT2D eigenvalue weighted by molar-refractivity contribution is -0.301. The van der Waals surface area contributed by atoms with Crippen LogP contribution in [0, 0.1) is 0 Å². The highest BCUT2D eigenvalue weighted by atomic mass is 32.3. The van der Waals surface area contributed by atoms with Crippen LogP contribution in [0.2, 0.25) is 0 Å². The van der Waals surface area contributed by atoms with Crippen molar-refractivity contribution in [2.24, 2.45) is 0 Å². The molecule has 12 nitrogen and oxygen atoms in total. The number of allylic oxidation sites excluding steroid dienone is 8. The molecule has 0 aromatic carbocycles. The van der Waals surface area contributed by atoms with Gasteiger partial charge >= 0.3 is 16.4 Å². The summed E-state index contributed by atoms with van der Waals surface area (Å²) in [5.74, 6) is -0.401. The maximum absolute atomic E-state index is 13.0. The van der Waals surface area contributed by atoms with Gasteiger partial charge in [-0.15, -0.1) is 0 Å². The van der Waals surface area contributed by atoms with Gasteiger partial charge < -0.3 is 34.3 Å². The molecule has 1 heterocycles. The van der Waals surface area contributed by atoms with Crippen LogP contribution in [0.1, 0.15) is 258 Å². The van der Waals surface area contributed by atoms with E-state index in [9.17, 15) is 33.1 Å². The van der Waals surface area contributed by atoms with E-state index >= 15 is 0 Å². The van der Waals surface area contributed by atoms with Crippen molar-refractivity contribution >= 4 is 16.4 Å². The van der Waals surface area contributed by atoms with E-state index in [-0.39, 0.29) is 19.6 Å². The minimum absolute atomic E-state index is 0.0317. The SMILES string of the molecule is CCCCCCC/C=C\C/C=C\C/C=C\CCCCCCCCCCCOCC(COC1OC(CO)C(O)C(OS(=O)(=O)O)C1O)OC(=O)CCCCCCCCCCC/C=C\CCCCCCCCCC. The molecular weight excluding hydrogens is 933 g/mol. The molecule has 0 aromatic rings. The summed E-state index contributed by atoms with van der Waals surface area (Å²) in [6.45, 7) is 4.00. The Hall–Kier alpha value is -1.94. The normalized spacial score (nSPS) is 19.2. The smallest absolute Gasteiger partial charge is 0.397 e. The van der Waals surface area contributed by atoms with E-state index < -0.39 is 59.8 Å². The Bertz CT molecular complexity index is 1430. The Balaban J connectivity index is 2.30. The predicted octanol–water partition coefficient (Wildman–Crippen LogP) is 14.6. The van der Waals surface area contributed by atoms with Gasteiger partial charge in [-0.3, -0.25) is 9.35 Å². The highest BCUT2D eigenvalue weighted by Crippen LogP contribution is 2.26. The Labute approximate surface area is 440 Å². The number of hydrogen-bond donors (Lipinski definition) is 4. The van der Waals surface area contributed by atoms with Crippen molar-refractivity contribution in [2.75, 3.05) is 26.4 Å². The summed E-state index contributed by atoms with van der Waals surface area (Å²) in [6.07, 6.45) is 54.3. The number of carbonyl (C=O) groups excluding carboxylic acids is 1. The van der Waals surface area contributed by atoms with Crippen LogP contribution in [-0.2, 0) is 38.3 Å². The minimum atomic E-state index is -5.07. The third-order valence-corrected chi connectivity index (χ3v) is 13.9. The molecule has 72 heavy (non-hydrogen) atoms. The molecule has 1 aliphatic rings. The lowest BCUT2D eigenvalue weighted by atomic mass is 9.99. The fourth-order valence-electron chi connectivity index (χ4n) is 8.97. The molecule has 0 aromatic heterocycles. The number of esters is 1. The van der Waals surface area contributed by atoms with Gasteiger partial charge in [-0.2, -0.15) is 8.42 Å². The number of aliphatic hydroxyl groups is 3. The van der Waals surface area contributed by atoms with Crippen molar-refractivity contribution < 1.29 is 56.2 Å². The Morgan fingerprint density at radius 3 is 1.35 bits per heavy atom. The molecule has 0 bridgehead atoms. The molecule has 0 saturated carbocycles. The van der Waals surface area contributed by atoms with Gasteiger partial charge in [0.05, 0.1) is 19.8 Å². The summed E-state index contributed by atoms with van der Waals surface area (Å²) >= 11 is 0. The molecule has 6 unspecified atom stereocenters.